The van der Waals surface area contributed by atoms with Crippen molar-refractivity contribution in [1.29, 1.82) is 0 Å². The second kappa shape index (κ2) is 5.46. The number of pyridine rings is 1. The molecule has 0 aliphatic heterocycles. The molecule has 0 aliphatic carbocycles. The molecule has 3 N–H and O–H groups in total. The van der Waals surface area contributed by atoms with Crippen LogP contribution in [0.25, 0.3) is 0 Å². The minimum absolute atomic E-state index is 0.0363. The third-order valence-corrected chi connectivity index (χ3v) is 3.02. The van der Waals surface area contributed by atoms with Gasteiger partial charge in [0.2, 0.25) is 0 Å². The maximum atomic E-state index is 8.71. The molecule has 0 unspecified atom stereocenters. The lowest BCUT2D eigenvalue weighted by Gasteiger charge is -2.05. The molecule has 7 heteroatoms. The van der Waals surface area contributed by atoms with Gasteiger partial charge in [0.05, 0.1) is 0 Å². The zero-order valence-corrected chi connectivity index (χ0v) is 10.4. The minimum atomic E-state index is -0.0363. The average molecular weight is 261 g/mol. The number of rotatable bonds is 3. The van der Waals surface area contributed by atoms with Crippen LogP contribution in [0.5, 0.6) is 0 Å². The smallest absolute Gasteiger partial charge is 0.192 e. The number of amidine groups is 1. The SMILES string of the molecule is Cc1ccnc(Sc2cccnc2/C(N)=N/O)n1. The number of aromatic nitrogens is 3. The van der Waals surface area contributed by atoms with Gasteiger partial charge in [0.15, 0.2) is 11.0 Å². The normalized spacial score (nSPS) is 11.5. The maximum Gasteiger partial charge on any atom is 0.192 e. The van der Waals surface area contributed by atoms with Gasteiger partial charge in [-0.05, 0) is 36.9 Å². The van der Waals surface area contributed by atoms with E-state index in [1.54, 1.807) is 18.5 Å². The topological polar surface area (TPSA) is 97.3 Å². The molecule has 2 aromatic heterocycles. The molecule has 0 aliphatic rings. The molecule has 0 saturated heterocycles. The molecule has 2 aromatic rings. The van der Waals surface area contributed by atoms with Crippen molar-refractivity contribution in [3.63, 3.8) is 0 Å². The quantitative estimate of drug-likeness (QED) is 0.285. The molecule has 0 saturated carbocycles. The van der Waals surface area contributed by atoms with Gasteiger partial charge in [0.25, 0.3) is 0 Å². The van der Waals surface area contributed by atoms with Crippen LogP contribution in [0.2, 0.25) is 0 Å². The largest absolute Gasteiger partial charge is 0.409 e. The van der Waals surface area contributed by atoms with Gasteiger partial charge < -0.3 is 10.9 Å². The average Bonchev–Trinajstić information content (AvgIpc) is 2.38. The molecule has 0 fully saturated rings. The van der Waals surface area contributed by atoms with E-state index < -0.39 is 0 Å². The van der Waals surface area contributed by atoms with Crippen LogP contribution in [0.15, 0.2) is 45.8 Å². The molecular weight excluding hydrogens is 250 g/mol. The van der Waals surface area contributed by atoms with Crippen molar-refractivity contribution in [3.05, 3.63) is 42.0 Å². The van der Waals surface area contributed by atoms with Crippen molar-refractivity contribution in [2.24, 2.45) is 10.9 Å². The summed E-state index contributed by atoms with van der Waals surface area (Å²) in [5, 5.41) is 12.3. The predicted octanol–water partition coefficient (Wildman–Crippen LogP) is 1.43. The number of aryl methyl sites for hydroxylation is 1. The molecule has 2 rings (SSSR count). The molecule has 92 valence electrons. The Morgan fingerprint density at radius 1 is 1.33 bits per heavy atom. The van der Waals surface area contributed by atoms with Crippen molar-refractivity contribution < 1.29 is 5.21 Å². The van der Waals surface area contributed by atoms with Crippen molar-refractivity contribution in [3.8, 4) is 0 Å². The van der Waals surface area contributed by atoms with Gasteiger partial charge in [-0.15, -0.1) is 0 Å². The summed E-state index contributed by atoms with van der Waals surface area (Å²) in [7, 11) is 0. The van der Waals surface area contributed by atoms with Gasteiger partial charge >= 0.3 is 0 Å². The van der Waals surface area contributed by atoms with Crippen molar-refractivity contribution >= 4 is 17.6 Å². The molecular formula is C11H11N5OS. The Balaban J connectivity index is 2.35. The van der Waals surface area contributed by atoms with E-state index >= 15 is 0 Å². The zero-order valence-electron chi connectivity index (χ0n) is 9.61. The fraction of sp³-hybridized carbons (Fsp3) is 0.0909. The Labute approximate surface area is 108 Å². The van der Waals surface area contributed by atoms with E-state index in [0.29, 0.717) is 10.9 Å². The molecule has 6 nitrogen and oxygen atoms in total. The van der Waals surface area contributed by atoms with Crippen molar-refractivity contribution in [1.82, 2.24) is 15.0 Å². The van der Waals surface area contributed by atoms with E-state index in [-0.39, 0.29) is 5.84 Å². The van der Waals surface area contributed by atoms with Gasteiger partial charge in [-0.2, -0.15) is 0 Å². The molecule has 0 radical (unpaired) electrons. The summed E-state index contributed by atoms with van der Waals surface area (Å²) in [4.78, 5) is 13.2. The highest BCUT2D eigenvalue weighted by molar-refractivity contribution is 7.99. The van der Waals surface area contributed by atoms with Crippen molar-refractivity contribution in [2.45, 2.75) is 17.0 Å². The Morgan fingerprint density at radius 2 is 2.17 bits per heavy atom. The standard InChI is InChI=1S/C11H11N5OS/c1-7-4-6-14-11(15-7)18-8-3-2-5-13-9(8)10(12)16-17/h2-6,17H,1H3,(H2,12,16). The van der Waals surface area contributed by atoms with Gasteiger partial charge in [-0.25, -0.2) is 9.97 Å². The lowest BCUT2D eigenvalue weighted by molar-refractivity contribution is 0.318. The molecule has 0 aromatic carbocycles. The molecule has 0 amide bonds. The molecule has 18 heavy (non-hydrogen) atoms. The number of oxime groups is 1. The van der Waals surface area contributed by atoms with E-state index in [1.165, 1.54) is 11.8 Å². The third kappa shape index (κ3) is 2.75. The highest BCUT2D eigenvalue weighted by Crippen LogP contribution is 2.26. The summed E-state index contributed by atoms with van der Waals surface area (Å²) < 4.78 is 0. The summed E-state index contributed by atoms with van der Waals surface area (Å²) in [6.45, 7) is 1.89. The highest BCUT2D eigenvalue weighted by Gasteiger charge is 2.10. The van der Waals surface area contributed by atoms with Crippen LogP contribution < -0.4 is 5.73 Å². The fourth-order valence-electron chi connectivity index (χ4n) is 1.29. The first-order valence-electron chi connectivity index (χ1n) is 5.11. The van der Waals surface area contributed by atoms with Crippen LogP contribution in [0.4, 0.5) is 0 Å². The van der Waals surface area contributed by atoms with E-state index in [1.807, 2.05) is 19.1 Å². The summed E-state index contributed by atoms with van der Waals surface area (Å²) >= 11 is 1.32. The van der Waals surface area contributed by atoms with Gasteiger partial charge in [-0.1, -0.05) is 5.16 Å². The highest BCUT2D eigenvalue weighted by atomic mass is 32.2. The number of hydrogen-bond acceptors (Lipinski definition) is 6. The summed E-state index contributed by atoms with van der Waals surface area (Å²) in [5.41, 5.74) is 6.85. The Kier molecular flexibility index (Phi) is 3.73. The first-order chi connectivity index (χ1) is 8.70. The predicted molar refractivity (Wildman–Crippen MR) is 67.6 cm³/mol. The minimum Gasteiger partial charge on any atom is -0.409 e. The third-order valence-electron chi connectivity index (χ3n) is 2.10. The monoisotopic (exact) mass is 261 g/mol. The van der Waals surface area contributed by atoms with Crippen LogP contribution >= 0.6 is 11.8 Å². The van der Waals surface area contributed by atoms with Crippen LogP contribution in [0, 0.1) is 6.92 Å². The van der Waals surface area contributed by atoms with Crippen LogP contribution in [0.1, 0.15) is 11.4 Å². The van der Waals surface area contributed by atoms with Crippen LogP contribution in [0.3, 0.4) is 0 Å². The molecule has 0 bridgehead atoms. The maximum absolute atomic E-state index is 8.71. The number of nitrogens with two attached hydrogens (primary N) is 1. The van der Waals surface area contributed by atoms with E-state index in [0.717, 1.165) is 10.6 Å². The van der Waals surface area contributed by atoms with E-state index in [2.05, 4.69) is 20.1 Å². The molecule has 0 atom stereocenters. The van der Waals surface area contributed by atoms with Gasteiger partial charge in [0.1, 0.15) is 5.69 Å². The van der Waals surface area contributed by atoms with Crippen LogP contribution in [-0.2, 0) is 0 Å². The fourth-order valence-corrected chi connectivity index (χ4v) is 2.19. The Morgan fingerprint density at radius 3 is 2.89 bits per heavy atom. The van der Waals surface area contributed by atoms with Gasteiger partial charge in [-0.3, -0.25) is 4.98 Å². The Bertz CT molecular complexity index is 587. The number of hydrogen-bond donors (Lipinski definition) is 2. The number of nitrogens with zero attached hydrogens (tertiary/aromatic N) is 4. The lowest BCUT2D eigenvalue weighted by Crippen LogP contribution is -2.16. The Hall–Kier alpha value is -2.15. The van der Waals surface area contributed by atoms with Crippen molar-refractivity contribution in [2.75, 3.05) is 0 Å². The first kappa shape index (κ1) is 12.3. The molecule has 0 spiro atoms. The summed E-state index contributed by atoms with van der Waals surface area (Å²) in [6.07, 6.45) is 3.26. The lowest BCUT2D eigenvalue weighted by atomic mass is 10.3. The second-order valence-corrected chi connectivity index (χ2v) is 4.43. The molecule has 2 heterocycles. The van der Waals surface area contributed by atoms with Gasteiger partial charge in [0, 0.05) is 23.0 Å². The summed E-state index contributed by atoms with van der Waals surface area (Å²) in [6, 6.07) is 5.40. The van der Waals surface area contributed by atoms with E-state index in [4.69, 9.17) is 10.9 Å². The zero-order chi connectivity index (χ0) is 13.0. The van der Waals surface area contributed by atoms with Crippen LogP contribution in [-0.4, -0.2) is 26.0 Å². The first-order valence-corrected chi connectivity index (χ1v) is 5.93. The second-order valence-electron chi connectivity index (χ2n) is 3.42. The van der Waals surface area contributed by atoms with E-state index in [9.17, 15) is 0 Å². The summed E-state index contributed by atoms with van der Waals surface area (Å²) in [5.74, 6) is -0.0363.